The van der Waals surface area contributed by atoms with Crippen molar-refractivity contribution in [1.29, 1.82) is 5.26 Å². The zero-order valence-electron chi connectivity index (χ0n) is 8.95. The molecule has 13 heavy (non-hydrogen) atoms. The largest absolute Gasteiger partial charge is 0.285 e. The third kappa shape index (κ3) is 2.45. The molecule has 1 aliphatic heterocycles. The summed E-state index contributed by atoms with van der Waals surface area (Å²) in [7, 11) is 0. The number of nitrogens with zero attached hydrogens (tertiary/aromatic N) is 2. The lowest BCUT2D eigenvalue weighted by Gasteiger charge is -2.39. The summed E-state index contributed by atoms with van der Waals surface area (Å²) in [5.74, 6) is 0.763. The second-order valence-corrected chi connectivity index (χ2v) is 4.28. The van der Waals surface area contributed by atoms with Crippen molar-refractivity contribution >= 4 is 0 Å². The lowest BCUT2D eigenvalue weighted by atomic mass is 9.93. The van der Waals surface area contributed by atoms with Crippen LogP contribution in [0.5, 0.6) is 0 Å². The van der Waals surface area contributed by atoms with Gasteiger partial charge in [0.05, 0.1) is 12.1 Å². The highest BCUT2D eigenvalue weighted by Gasteiger charge is 2.27. The monoisotopic (exact) mass is 180 g/mol. The normalized spacial score (nSPS) is 32.5. The van der Waals surface area contributed by atoms with Gasteiger partial charge in [-0.15, -0.1) is 0 Å². The number of hydrogen-bond acceptors (Lipinski definition) is 2. The average molecular weight is 180 g/mol. The molecule has 1 fully saturated rings. The first kappa shape index (κ1) is 10.5. The van der Waals surface area contributed by atoms with Crippen LogP contribution >= 0.6 is 0 Å². The summed E-state index contributed by atoms with van der Waals surface area (Å²) in [4.78, 5) is 2.37. The molecular weight excluding hydrogens is 160 g/mol. The molecule has 0 N–H and O–H groups in total. The molecule has 1 saturated heterocycles. The maximum absolute atomic E-state index is 8.99. The molecular formula is C11H20N2. The molecule has 0 aliphatic carbocycles. The molecule has 1 heterocycles. The van der Waals surface area contributed by atoms with Crippen LogP contribution in [0.1, 0.15) is 40.0 Å². The SMILES string of the molecule is CCC(C#N)N1CC(C)CCC1C. The van der Waals surface area contributed by atoms with Gasteiger partial charge in [0.2, 0.25) is 0 Å². The number of hydrogen-bond donors (Lipinski definition) is 0. The first-order valence-corrected chi connectivity index (χ1v) is 5.34. The van der Waals surface area contributed by atoms with Gasteiger partial charge in [0, 0.05) is 12.6 Å². The molecule has 0 amide bonds. The van der Waals surface area contributed by atoms with Crippen molar-refractivity contribution in [3.8, 4) is 6.07 Å². The summed E-state index contributed by atoms with van der Waals surface area (Å²) in [6.45, 7) is 7.72. The molecule has 2 nitrogen and oxygen atoms in total. The second-order valence-electron chi connectivity index (χ2n) is 4.28. The van der Waals surface area contributed by atoms with Gasteiger partial charge in [0.25, 0.3) is 0 Å². The fourth-order valence-electron chi connectivity index (χ4n) is 2.16. The fraction of sp³-hybridized carbons (Fsp3) is 0.909. The highest BCUT2D eigenvalue weighted by Crippen LogP contribution is 2.23. The summed E-state index contributed by atoms with van der Waals surface area (Å²) in [6.07, 6.45) is 3.52. The Morgan fingerprint density at radius 2 is 2.15 bits per heavy atom. The molecule has 0 saturated carbocycles. The van der Waals surface area contributed by atoms with Crippen LogP contribution in [0.3, 0.4) is 0 Å². The highest BCUT2D eigenvalue weighted by atomic mass is 15.2. The van der Waals surface area contributed by atoms with Crippen LogP contribution in [0.2, 0.25) is 0 Å². The van der Waals surface area contributed by atoms with Crippen molar-refractivity contribution in [2.24, 2.45) is 5.92 Å². The van der Waals surface area contributed by atoms with Gasteiger partial charge in [-0.1, -0.05) is 13.8 Å². The number of nitriles is 1. The first-order chi connectivity index (χ1) is 6.19. The predicted molar refractivity (Wildman–Crippen MR) is 54.3 cm³/mol. The van der Waals surface area contributed by atoms with E-state index < -0.39 is 0 Å². The minimum Gasteiger partial charge on any atom is -0.285 e. The van der Waals surface area contributed by atoms with Crippen molar-refractivity contribution in [2.75, 3.05) is 6.54 Å². The van der Waals surface area contributed by atoms with Gasteiger partial charge in [0.15, 0.2) is 0 Å². The Labute approximate surface area is 81.5 Å². The van der Waals surface area contributed by atoms with E-state index in [9.17, 15) is 0 Å². The summed E-state index contributed by atoms with van der Waals surface area (Å²) < 4.78 is 0. The molecule has 3 atom stereocenters. The van der Waals surface area contributed by atoms with E-state index in [2.05, 4.69) is 31.7 Å². The lowest BCUT2D eigenvalue weighted by molar-refractivity contribution is 0.0978. The van der Waals surface area contributed by atoms with Gasteiger partial charge >= 0.3 is 0 Å². The van der Waals surface area contributed by atoms with Crippen LogP contribution in [0, 0.1) is 17.2 Å². The summed E-state index contributed by atoms with van der Waals surface area (Å²) >= 11 is 0. The van der Waals surface area contributed by atoms with Crippen molar-refractivity contribution in [3.63, 3.8) is 0 Å². The summed E-state index contributed by atoms with van der Waals surface area (Å²) in [5, 5.41) is 8.99. The Morgan fingerprint density at radius 1 is 1.46 bits per heavy atom. The molecule has 0 bridgehead atoms. The molecule has 74 valence electrons. The number of rotatable bonds is 2. The highest BCUT2D eigenvalue weighted by molar-refractivity contribution is 4.94. The minimum atomic E-state index is 0.137. The van der Waals surface area contributed by atoms with E-state index in [-0.39, 0.29) is 6.04 Å². The van der Waals surface area contributed by atoms with Crippen LogP contribution < -0.4 is 0 Å². The third-order valence-electron chi connectivity index (χ3n) is 3.10. The van der Waals surface area contributed by atoms with E-state index in [0.717, 1.165) is 18.9 Å². The van der Waals surface area contributed by atoms with Gasteiger partial charge in [0.1, 0.15) is 0 Å². The molecule has 0 aromatic carbocycles. The van der Waals surface area contributed by atoms with Gasteiger partial charge in [-0.05, 0) is 32.1 Å². The quantitative estimate of drug-likeness (QED) is 0.652. The standard InChI is InChI=1S/C11H20N2/c1-4-11(7-12)13-8-9(2)5-6-10(13)3/h9-11H,4-6,8H2,1-3H3. The average Bonchev–Trinajstić information content (AvgIpc) is 2.13. The van der Waals surface area contributed by atoms with E-state index in [1.54, 1.807) is 0 Å². The van der Waals surface area contributed by atoms with Crippen LogP contribution in [0.4, 0.5) is 0 Å². The topological polar surface area (TPSA) is 27.0 Å². The molecule has 1 rings (SSSR count). The van der Waals surface area contributed by atoms with Crippen LogP contribution in [0.25, 0.3) is 0 Å². The molecule has 3 unspecified atom stereocenters. The molecule has 0 aromatic rings. The number of piperidine rings is 1. The summed E-state index contributed by atoms with van der Waals surface area (Å²) in [5.41, 5.74) is 0. The predicted octanol–water partition coefficient (Wildman–Crippen LogP) is 2.41. The van der Waals surface area contributed by atoms with Crippen molar-refractivity contribution in [2.45, 2.75) is 52.1 Å². The second kappa shape index (κ2) is 4.62. The van der Waals surface area contributed by atoms with Crippen molar-refractivity contribution in [3.05, 3.63) is 0 Å². The Morgan fingerprint density at radius 3 is 2.69 bits per heavy atom. The Hall–Kier alpha value is -0.550. The smallest absolute Gasteiger partial charge is 0.0977 e. The Bertz CT molecular complexity index is 195. The van der Waals surface area contributed by atoms with E-state index in [1.165, 1.54) is 12.8 Å². The van der Waals surface area contributed by atoms with Crippen LogP contribution in [-0.4, -0.2) is 23.5 Å². The minimum absolute atomic E-state index is 0.137. The molecule has 2 heteroatoms. The fourth-order valence-corrected chi connectivity index (χ4v) is 2.16. The molecule has 0 radical (unpaired) electrons. The molecule has 0 aromatic heterocycles. The first-order valence-electron chi connectivity index (χ1n) is 5.34. The van der Waals surface area contributed by atoms with Gasteiger partial charge in [-0.25, -0.2) is 0 Å². The summed E-state index contributed by atoms with van der Waals surface area (Å²) in [6, 6.07) is 3.13. The Balaban J connectivity index is 2.60. The van der Waals surface area contributed by atoms with E-state index in [1.807, 2.05) is 0 Å². The maximum Gasteiger partial charge on any atom is 0.0977 e. The lowest BCUT2D eigenvalue weighted by Crippen LogP contribution is -2.46. The van der Waals surface area contributed by atoms with E-state index in [4.69, 9.17) is 5.26 Å². The zero-order valence-corrected chi connectivity index (χ0v) is 8.95. The maximum atomic E-state index is 8.99. The number of likely N-dealkylation sites (tertiary alicyclic amines) is 1. The van der Waals surface area contributed by atoms with E-state index in [0.29, 0.717) is 6.04 Å². The Kier molecular flexibility index (Phi) is 3.74. The third-order valence-corrected chi connectivity index (χ3v) is 3.10. The van der Waals surface area contributed by atoms with Crippen molar-refractivity contribution < 1.29 is 0 Å². The van der Waals surface area contributed by atoms with Crippen molar-refractivity contribution in [1.82, 2.24) is 4.90 Å². The van der Waals surface area contributed by atoms with Gasteiger partial charge < -0.3 is 0 Å². The molecule has 1 aliphatic rings. The molecule has 0 spiro atoms. The zero-order chi connectivity index (χ0) is 9.84. The van der Waals surface area contributed by atoms with Gasteiger partial charge in [-0.2, -0.15) is 5.26 Å². The van der Waals surface area contributed by atoms with E-state index >= 15 is 0 Å². The van der Waals surface area contributed by atoms with Crippen LogP contribution in [-0.2, 0) is 0 Å². The van der Waals surface area contributed by atoms with Crippen LogP contribution in [0.15, 0.2) is 0 Å². The van der Waals surface area contributed by atoms with Gasteiger partial charge in [-0.3, -0.25) is 4.90 Å².